The zero-order chi connectivity index (χ0) is 15.3. The molecule has 1 aliphatic rings. The van der Waals surface area contributed by atoms with Crippen molar-refractivity contribution in [2.45, 2.75) is 39.2 Å². The minimum absolute atomic E-state index is 0.150. The molecule has 1 fully saturated rings. The van der Waals surface area contributed by atoms with Crippen LogP contribution in [0.1, 0.15) is 38.4 Å². The number of hydrogen-bond donors (Lipinski definition) is 4. The SMILES string of the molecule is CC1CCC(CNC(=O)NCc2ncn[nH]2)(C(=O)O)CC1. The number of urea groups is 1. The first-order valence-corrected chi connectivity index (χ1v) is 7.11. The third-order valence-corrected chi connectivity index (χ3v) is 4.15. The number of carbonyl (C=O) groups is 2. The third-order valence-electron chi connectivity index (χ3n) is 4.15. The molecule has 1 saturated carbocycles. The van der Waals surface area contributed by atoms with Gasteiger partial charge in [0.05, 0.1) is 12.0 Å². The number of rotatable bonds is 5. The van der Waals surface area contributed by atoms with Gasteiger partial charge in [-0.25, -0.2) is 9.78 Å². The van der Waals surface area contributed by atoms with Crippen LogP contribution >= 0.6 is 0 Å². The summed E-state index contributed by atoms with van der Waals surface area (Å²) in [6.07, 6.45) is 4.33. The summed E-state index contributed by atoms with van der Waals surface area (Å²) in [6.45, 7) is 2.50. The van der Waals surface area contributed by atoms with Crippen LogP contribution in [0.2, 0.25) is 0 Å². The van der Waals surface area contributed by atoms with E-state index in [2.05, 4.69) is 32.7 Å². The fourth-order valence-corrected chi connectivity index (χ4v) is 2.57. The van der Waals surface area contributed by atoms with Gasteiger partial charge in [-0.3, -0.25) is 9.89 Å². The lowest BCUT2D eigenvalue weighted by molar-refractivity contribution is -0.151. The highest BCUT2D eigenvalue weighted by molar-refractivity contribution is 5.78. The second-order valence-corrected chi connectivity index (χ2v) is 5.74. The Morgan fingerprint density at radius 2 is 2.14 bits per heavy atom. The fourth-order valence-electron chi connectivity index (χ4n) is 2.57. The Hall–Kier alpha value is -2.12. The van der Waals surface area contributed by atoms with Gasteiger partial charge in [0.25, 0.3) is 0 Å². The first-order chi connectivity index (χ1) is 10.0. The predicted molar refractivity (Wildman–Crippen MR) is 74.3 cm³/mol. The van der Waals surface area contributed by atoms with Crippen molar-refractivity contribution in [3.8, 4) is 0 Å². The molecular weight excluding hydrogens is 274 g/mol. The molecule has 1 aromatic rings. The van der Waals surface area contributed by atoms with Crippen LogP contribution in [0.3, 0.4) is 0 Å². The Labute approximate surface area is 122 Å². The van der Waals surface area contributed by atoms with E-state index in [9.17, 15) is 14.7 Å². The number of aromatic amines is 1. The van der Waals surface area contributed by atoms with Gasteiger partial charge in [-0.05, 0) is 31.6 Å². The van der Waals surface area contributed by atoms with Gasteiger partial charge in [-0.15, -0.1) is 0 Å². The Bertz CT molecular complexity index is 480. The topological polar surface area (TPSA) is 120 Å². The van der Waals surface area contributed by atoms with Crippen molar-refractivity contribution in [3.05, 3.63) is 12.2 Å². The lowest BCUT2D eigenvalue weighted by Gasteiger charge is -2.35. The van der Waals surface area contributed by atoms with E-state index in [4.69, 9.17) is 0 Å². The molecule has 1 aromatic heterocycles. The summed E-state index contributed by atoms with van der Waals surface area (Å²) < 4.78 is 0. The normalized spacial score (nSPS) is 25.3. The molecule has 2 rings (SSSR count). The van der Waals surface area contributed by atoms with E-state index in [0.29, 0.717) is 24.6 Å². The first-order valence-electron chi connectivity index (χ1n) is 7.11. The summed E-state index contributed by atoms with van der Waals surface area (Å²) in [4.78, 5) is 27.2. The molecule has 8 heteroatoms. The number of aliphatic carboxylic acids is 1. The van der Waals surface area contributed by atoms with Gasteiger partial charge in [-0.1, -0.05) is 6.92 Å². The summed E-state index contributed by atoms with van der Waals surface area (Å²) >= 11 is 0. The van der Waals surface area contributed by atoms with Crippen LogP contribution in [0.15, 0.2) is 6.33 Å². The van der Waals surface area contributed by atoms with Gasteiger partial charge in [-0.2, -0.15) is 5.10 Å². The molecular formula is C13H21N5O3. The van der Waals surface area contributed by atoms with E-state index in [0.717, 1.165) is 12.8 Å². The molecule has 8 nitrogen and oxygen atoms in total. The van der Waals surface area contributed by atoms with Gasteiger partial charge < -0.3 is 15.7 Å². The summed E-state index contributed by atoms with van der Waals surface area (Å²) in [5.41, 5.74) is -0.837. The second kappa shape index (κ2) is 6.55. The van der Waals surface area contributed by atoms with E-state index < -0.39 is 17.4 Å². The van der Waals surface area contributed by atoms with Crippen LogP contribution in [0.5, 0.6) is 0 Å². The fraction of sp³-hybridized carbons (Fsp3) is 0.692. The first kappa shape index (κ1) is 15.3. The highest BCUT2D eigenvalue weighted by atomic mass is 16.4. The van der Waals surface area contributed by atoms with Crippen molar-refractivity contribution in [2.75, 3.05) is 6.54 Å². The average Bonchev–Trinajstić information content (AvgIpc) is 2.98. The van der Waals surface area contributed by atoms with Gasteiger partial charge in [0.1, 0.15) is 12.2 Å². The number of amides is 2. The van der Waals surface area contributed by atoms with Gasteiger partial charge in [0.15, 0.2) is 0 Å². The Morgan fingerprint density at radius 1 is 1.43 bits per heavy atom. The van der Waals surface area contributed by atoms with Crippen molar-refractivity contribution < 1.29 is 14.7 Å². The molecule has 0 saturated heterocycles. The van der Waals surface area contributed by atoms with Crippen LogP contribution in [-0.2, 0) is 11.3 Å². The molecule has 1 aliphatic carbocycles. The number of carbonyl (C=O) groups excluding carboxylic acids is 1. The van der Waals surface area contributed by atoms with Crippen LogP contribution in [0, 0.1) is 11.3 Å². The highest BCUT2D eigenvalue weighted by Gasteiger charge is 2.41. The maximum Gasteiger partial charge on any atom is 0.315 e. The van der Waals surface area contributed by atoms with Crippen molar-refractivity contribution >= 4 is 12.0 Å². The second-order valence-electron chi connectivity index (χ2n) is 5.74. The Morgan fingerprint density at radius 3 is 2.71 bits per heavy atom. The number of nitrogens with zero attached hydrogens (tertiary/aromatic N) is 2. The molecule has 0 radical (unpaired) electrons. The number of nitrogens with one attached hydrogen (secondary N) is 3. The summed E-state index contributed by atoms with van der Waals surface area (Å²) in [7, 11) is 0. The van der Waals surface area contributed by atoms with E-state index in [1.807, 2.05) is 0 Å². The molecule has 0 aliphatic heterocycles. The number of carboxylic acid groups (broad SMARTS) is 1. The standard InChI is InChI=1S/C13H21N5O3/c1-9-2-4-13(5-3-9,11(19)20)7-15-12(21)14-6-10-16-8-17-18-10/h8-9H,2-7H2,1H3,(H,19,20)(H2,14,15,21)(H,16,17,18). The molecule has 21 heavy (non-hydrogen) atoms. The van der Waals surface area contributed by atoms with Gasteiger partial charge >= 0.3 is 12.0 Å². The summed E-state index contributed by atoms with van der Waals surface area (Å²) in [5.74, 6) is 0.271. The minimum Gasteiger partial charge on any atom is -0.481 e. The van der Waals surface area contributed by atoms with Crippen molar-refractivity contribution in [2.24, 2.45) is 11.3 Å². The summed E-state index contributed by atoms with van der Waals surface area (Å²) in [5, 5.41) is 21.1. The third kappa shape index (κ3) is 3.93. The number of H-pyrrole nitrogens is 1. The predicted octanol–water partition coefficient (Wildman–Crippen LogP) is 0.885. The quantitative estimate of drug-likeness (QED) is 0.643. The number of hydrogen-bond acceptors (Lipinski definition) is 4. The van der Waals surface area contributed by atoms with Crippen LogP contribution in [0.4, 0.5) is 4.79 Å². The molecule has 0 atom stereocenters. The zero-order valence-corrected chi connectivity index (χ0v) is 12.1. The van der Waals surface area contributed by atoms with Crippen molar-refractivity contribution in [3.63, 3.8) is 0 Å². The zero-order valence-electron chi connectivity index (χ0n) is 12.1. The van der Waals surface area contributed by atoms with E-state index in [1.54, 1.807) is 0 Å². The van der Waals surface area contributed by atoms with Crippen LogP contribution in [-0.4, -0.2) is 38.8 Å². The van der Waals surface area contributed by atoms with E-state index in [-0.39, 0.29) is 13.1 Å². The van der Waals surface area contributed by atoms with Crippen LogP contribution in [0.25, 0.3) is 0 Å². The molecule has 1 heterocycles. The maximum absolute atomic E-state index is 11.7. The van der Waals surface area contributed by atoms with E-state index in [1.165, 1.54) is 6.33 Å². The molecule has 2 amide bonds. The lowest BCUT2D eigenvalue weighted by atomic mass is 9.71. The van der Waals surface area contributed by atoms with Crippen molar-refractivity contribution in [1.29, 1.82) is 0 Å². The number of aromatic nitrogens is 3. The largest absolute Gasteiger partial charge is 0.481 e. The highest BCUT2D eigenvalue weighted by Crippen LogP contribution is 2.38. The molecule has 0 unspecified atom stereocenters. The Balaban J connectivity index is 1.81. The molecule has 0 spiro atoms. The van der Waals surface area contributed by atoms with E-state index >= 15 is 0 Å². The maximum atomic E-state index is 11.7. The molecule has 116 valence electrons. The minimum atomic E-state index is -0.837. The van der Waals surface area contributed by atoms with Crippen molar-refractivity contribution in [1.82, 2.24) is 25.8 Å². The lowest BCUT2D eigenvalue weighted by Crippen LogP contribution is -2.47. The van der Waals surface area contributed by atoms with Gasteiger partial charge in [0.2, 0.25) is 0 Å². The number of carboxylic acids is 1. The molecule has 4 N–H and O–H groups in total. The summed E-state index contributed by atoms with van der Waals surface area (Å²) in [6, 6.07) is -0.398. The average molecular weight is 295 g/mol. The molecule has 0 aromatic carbocycles. The van der Waals surface area contributed by atoms with Crippen LogP contribution < -0.4 is 10.6 Å². The molecule has 0 bridgehead atoms. The monoisotopic (exact) mass is 295 g/mol. The Kier molecular flexibility index (Phi) is 4.77. The van der Waals surface area contributed by atoms with Gasteiger partial charge in [0, 0.05) is 6.54 Å². The smallest absolute Gasteiger partial charge is 0.315 e.